The van der Waals surface area contributed by atoms with E-state index in [1.807, 2.05) is 4.90 Å². The summed E-state index contributed by atoms with van der Waals surface area (Å²) >= 11 is 0. The first kappa shape index (κ1) is 13.5. The first-order valence-electron chi connectivity index (χ1n) is 6.47. The van der Waals surface area contributed by atoms with Crippen LogP contribution in [0.4, 0.5) is 17.5 Å². The molecule has 19 heavy (non-hydrogen) atoms. The van der Waals surface area contributed by atoms with E-state index in [0.29, 0.717) is 17.4 Å². The normalized spacial score (nSPS) is 19.2. The zero-order chi connectivity index (χ0) is 14.2. The molecule has 2 N–H and O–H groups in total. The zero-order valence-corrected chi connectivity index (χ0v) is 11.5. The van der Waals surface area contributed by atoms with Gasteiger partial charge < -0.3 is 10.6 Å². The summed E-state index contributed by atoms with van der Waals surface area (Å²) in [5, 5.41) is 11.2. The van der Waals surface area contributed by atoms with E-state index in [-0.39, 0.29) is 17.7 Å². The molecular formula is C12H19N5O2. The van der Waals surface area contributed by atoms with Gasteiger partial charge in [0.05, 0.1) is 4.92 Å². The van der Waals surface area contributed by atoms with E-state index < -0.39 is 4.92 Å². The molecule has 0 spiro atoms. The molecule has 0 radical (unpaired) electrons. The highest BCUT2D eigenvalue weighted by molar-refractivity contribution is 5.63. The largest absolute Gasteiger partial charge is 0.368 e. The maximum atomic E-state index is 11.2. The van der Waals surface area contributed by atoms with E-state index in [1.54, 1.807) is 6.92 Å². The summed E-state index contributed by atoms with van der Waals surface area (Å²) in [7, 11) is 0. The van der Waals surface area contributed by atoms with Crippen LogP contribution in [0, 0.1) is 23.0 Å². The molecule has 1 aromatic rings. The molecule has 7 heteroatoms. The topological polar surface area (TPSA) is 98.2 Å². The van der Waals surface area contributed by atoms with Crippen LogP contribution in [-0.4, -0.2) is 27.5 Å². The Balaban J connectivity index is 2.51. The Kier molecular flexibility index (Phi) is 3.55. The van der Waals surface area contributed by atoms with E-state index in [2.05, 4.69) is 23.8 Å². The van der Waals surface area contributed by atoms with Crippen molar-refractivity contribution in [1.29, 1.82) is 0 Å². The second kappa shape index (κ2) is 4.99. The van der Waals surface area contributed by atoms with Gasteiger partial charge in [-0.15, -0.1) is 0 Å². The zero-order valence-electron chi connectivity index (χ0n) is 11.5. The smallest absolute Gasteiger partial charge is 0.332 e. The monoisotopic (exact) mass is 265 g/mol. The molecule has 1 aliphatic rings. The maximum Gasteiger partial charge on any atom is 0.332 e. The molecule has 1 saturated heterocycles. The summed E-state index contributed by atoms with van der Waals surface area (Å²) in [6, 6.07) is 0.271. The highest BCUT2D eigenvalue weighted by atomic mass is 16.6. The molecule has 1 atom stereocenters. The van der Waals surface area contributed by atoms with E-state index in [4.69, 9.17) is 5.73 Å². The van der Waals surface area contributed by atoms with Crippen molar-refractivity contribution in [3.63, 3.8) is 0 Å². The van der Waals surface area contributed by atoms with Gasteiger partial charge >= 0.3 is 5.69 Å². The highest BCUT2D eigenvalue weighted by Crippen LogP contribution is 2.35. The quantitative estimate of drug-likeness (QED) is 0.662. The van der Waals surface area contributed by atoms with Gasteiger partial charge in [-0.25, -0.2) is 4.98 Å². The van der Waals surface area contributed by atoms with Crippen molar-refractivity contribution in [1.82, 2.24) is 9.97 Å². The van der Waals surface area contributed by atoms with Gasteiger partial charge in [-0.3, -0.25) is 10.1 Å². The number of rotatable bonds is 3. The van der Waals surface area contributed by atoms with Crippen LogP contribution in [0.15, 0.2) is 0 Å². The van der Waals surface area contributed by atoms with Gasteiger partial charge in [0.25, 0.3) is 0 Å². The van der Waals surface area contributed by atoms with Crippen LogP contribution in [-0.2, 0) is 0 Å². The minimum atomic E-state index is -0.417. The van der Waals surface area contributed by atoms with Gasteiger partial charge in [0.1, 0.15) is 5.69 Å². The summed E-state index contributed by atoms with van der Waals surface area (Å²) in [6.07, 6.45) is 2.04. The SMILES string of the molecule is Cc1nc(N)nc(N2CCCC2C(C)C)c1[N+](=O)[O-]. The van der Waals surface area contributed by atoms with Crippen molar-refractivity contribution in [3.8, 4) is 0 Å². The Labute approximate surface area is 112 Å². The lowest BCUT2D eigenvalue weighted by Gasteiger charge is -2.28. The average molecular weight is 265 g/mol. The lowest BCUT2D eigenvalue weighted by molar-refractivity contribution is -0.385. The second-order valence-electron chi connectivity index (χ2n) is 5.24. The lowest BCUT2D eigenvalue weighted by Crippen LogP contribution is -2.34. The van der Waals surface area contributed by atoms with Crippen molar-refractivity contribution in [2.45, 2.75) is 39.7 Å². The number of hydrogen-bond acceptors (Lipinski definition) is 6. The number of nitrogens with zero attached hydrogens (tertiary/aromatic N) is 4. The Morgan fingerprint density at radius 2 is 2.16 bits per heavy atom. The molecule has 0 aromatic carbocycles. The molecule has 1 aliphatic heterocycles. The third-order valence-corrected chi connectivity index (χ3v) is 3.58. The van der Waals surface area contributed by atoms with E-state index in [1.165, 1.54) is 0 Å². The number of hydrogen-bond donors (Lipinski definition) is 1. The minimum absolute atomic E-state index is 0.0262. The van der Waals surface area contributed by atoms with Gasteiger partial charge in [0, 0.05) is 12.6 Å². The Morgan fingerprint density at radius 3 is 2.74 bits per heavy atom. The molecule has 104 valence electrons. The van der Waals surface area contributed by atoms with E-state index in [9.17, 15) is 10.1 Å². The van der Waals surface area contributed by atoms with Crippen molar-refractivity contribution in [2.75, 3.05) is 17.2 Å². The minimum Gasteiger partial charge on any atom is -0.368 e. The maximum absolute atomic E-state index is 11.2. The van der Waals surface area contributed by atoms with Gasteiger partial charge in [-0.05, 0) is 25.7 Å². The predicted octanol–water partition coefficient (Wildman–Crippen LogP) is 1.90. The fourth-order valence-corrected chi connectivity index (χ4v) is 2.74. The van der Waals surface area contributed by atoms with Crippen molar-refractivity contribution in [3.05, 3.63) is 15.8 Å². The summed E-state index contributed by atoms with van der Waals surface area (Å²) in [5.41, 5.74) is 5.94. The number of aryl methyl sites for hydroxylation is 1. The average Bonchev–Trinajstić information content (AvgIpc) is 2.75. The molecule has 7 nitrogen and oxygen atoms in total. The molecule has 2 heterocycles. The summed E-state index contributed by atoms with van der Waals surface area (Å²) in [6.45, 7) is 6.61. The molecule has 0 aliphatic carbocycles. The lowest BCUT2D eigenvalue weighted by atomic mass is 10.0. The predicted molar refractivity (Wildman–Crippen MR) is 73.0 cm³/mol. The van der Waals surface area contributed by atoms with Crippen LogP contribution in [0.3, 0.4) is 0 Å². The third-order valence-electron chi connectivity index (χ3n) is 3.58. The summed E-state index contributed by atoms with van der Waals surface area (Å²) in [5.74, 6) is 0.873. The van der Waals surface area contributed by atoms with Crippen molar-refractivity contribution in [2.24, 2.45) is 5.92 Å². The van der Waals surface area contributed by atoms with Gasteiger partial charge in [0.15, 0.2) is 0 Å². The number of nitrogens with two attached hydrogens (primary N) is 1. The van der Waals surface area contributed by atoms with Crippen molar-refractivity contribution < 1.29 is 4.92 Å². The Bertz CT molecular complexity index is 503. The first-order chi connectivity index (χ1) is 8.91. The number of aromatic nitrogens is 2. The van der Waals surface area contributed by atoms with Crippen LogP contribution in [0.2, 0.25) is 0 Å². The van der Waals surface area contributed by atoms with Gasteiger partial charge in [0.2, 0.25) is 11.8 Å². The van der Waals surface area contributed by atoms with Crippen LogP contribution in [0.5, 0.6) is 0 Å². The number of nitro groups is 1. The van der Waals surface area contributed by atoms with Crippen molar-refractivity contribution >= 4 is 17.5 Å². The van der Waals surface area contributed by atoms with Crippen LogP contribution < -0.4 is 10.6 Å². The summed E-state index contributed by atoms with van der Waals surface area (Å²) in [4.78, 5) is 20.9. The molecule has 0 saturated carbocycles. The summed E-state index contributed by atoms with van der Waals surface area (Å²) < 4.78 is 0. The number of nitrogen functional groups attached to an aromatic ring is 1. The fraction of sp³-hybridized carbons (Fsp3) is 0.667. The standard InChI is InChI=1S/C12H19N5O2/c1-7(2)9-5-4-6-16(9)11-10(17(18)19)8(3)14-12(13)15-11/h7,9H,4-6H2,1-3H3,(H2,13,14,15). The van der Waals surface area contributed by atoms with Gasteiger partial charge in [-0.1, -0.05) is 13.8 Å². The van der Waals surface area contributed by atoms with Crippen LogP contribution in [0.25, 0.3) is 0 Å². The van der Waals surface area contributed by atoms with Crippen LogP contribution >= 0.6 is 0 Å². The van der Waals surface area contributed by atoms with E-state index >= 15 is 0 Å². The van der Waals surface area contributed by atoms with Crippen LogP contribution in [0.1, 0.15) is 32.4 Å². The Morgan fingerprint density at radius 1 is 1.47 bits per heavy atom. The first-order valence-corrected chi connectivity index (χ1v) is 6.47. The third kappa shape index (κ3) is 2.45. The Hall–Kier alpha value is -1.92. The fourth-order valence-electron chi connectivity index (χ4n) is 2.74. The molecule has 1 fully saturated rings. The molecular weight excluding hydrogens is 246 g/mol. The molecule has 1 unspecified atom stereocenters. The van der Waals surface area contributed by atoms with E-state index in [0.717, 1.165) is 19.4 Å². The molecule has 1 aromatic heterocycles. The molecule has 0 bridgehead atoms. The highest BCUT2D eigenvalue weighted by Gasteiger charge is 2.34. The molecule has 0 amide bonds. The molecule has 2 rings (SSSR count). The number of anilines is 2. The second-order valence-corrected chi connectivity index (χ2v) is 5.24. The van der Waals surface area contributed by atoms with Gasteiger partial charge in [-0.2, -0.15) is 4.98 Å².